The van der Waals surface area contributed by atoms with Gasteiger partial charge < -0.3 is 10.1 Å². The highest BCUT2D eigenvalue weighted by Gasteiger charge is 2.11. The number of amides is 1. The number of carbonyl (C=O) groups is 1. The van der Waals surface area contributed by atoms with Gasteiger partial charge in [-0.15, -0.1) is 0 Å². The van der Waals surface area contributed by atoms with Gasteiger partial charge in [-0.1, -0.05) is 66.2 Å². The monoisotopic (exact) mass is 351 g/mol. The Bertz CT molecular complexity index is 861. The van der Waals surface area contributed by atoms with Crippen LogP contribution in [0.25, 0.3) is 11.1 Å². The number of nitrogens with one attached hydrogen (secondary N) is 1. The fraction of sp³-hybridized carbons (Fsp3) is 0.0952. The summed E-state index contributed by atoms with van der Waals surface area (Å²) in [5.74, 6) is 0.527. The minimum atomic E-state index is -0.103. The van der Waals surface area contributed by atoms with Crippen LogP contribution in [0, 0.1) is 0 Å². The van der Waals surface area contributed by atoms with Gasteiger partial charge in [0.1, 0.15) is 5.75 Å². The molecule has 0 spiro atoms. The standard InChI is InChI=1S/C21H18ClNO2/c1-25-20-18(8-5-9-19(20)22)16-10-12-17(13-11-16)21(24)23-14-15-6-3-2-4-7-15/h2-13H,14H2,1H3,(H,23,24). The molecule has 0 unspecified atom stereocenters. The van der Waals surface area contributed by atoms with Gasteiger partial charge in [-0.2, -0.15) is 0 Å². The van der Waals surface area contributed by atoms with E-state index in [0.29, 0.717) is 22.9 Å². The van der Waals surface area contributed by atoms with E-state index >= 15 is 0 Å². The molecule has 4 heteroatoms. The van der Waals surface area contributed by atoms with Gasteiger partial charge in [0.25, 0.3) is 5.91 Å². The molecule has 0 aliphatic rings. The Morgan fingerprint density at radius 1 is 0.960 bits per heavy atom. The topological polar surface area (TPSA) is 38.3 Å². The number of methoxy groups -OCH3 is 1. The van der Waals surface area contributed by atoms with Crippen LogP contribution in [0.15, 0.2) is 72.8 Å². The molecule has 1 amide bonds. The number of halogens is 1. The van der Waals surface area contributed by atoms with Crippen LogP contribution < -0.4 is 10.1 Å². The van der Waals surface area contributed by atoms with Gasteiger partial charge in [0.15, 0.2) is 0 Å². The van der Waals surface area contributed by atoms with Gasteiger partial charge in [0, 0.05) is 17.7 Å². The molecule has 3 aromatic carbocycles. The second-order valence-electron chi connectivity index (χ2n) is 5.57. The molecular weight excluding hydrogens is 334 g/mol. The summed E-state index contributed by atoms with van der Waals surface area (Å²) in [5.41, 5.74) is 3.52. The van der Waals surface area contributed by atoms with E-state index < -0.39 is 0 Å². The first-order chi connectivity index (χ1) is 12.2. The highest BCUT2D eigenvalue weighted by atomic mass is 35.5. The van der Waals surface area contributed by atoms with E-state index in [1.54, 1.807) is 25.3 Å². The first-order valence-electron chi connectivity index (χ1n) is 7.94. The Labute approximate surface area is 152 Å². The van der Waals surface area contributed by atoms with Crippen LogP contribution in [0.4, 0.5) is 0 Å². The third-order valence-electron chi connectivity index (χ3n) is 3.93. The highest BCUT2D eigenvalue weighted by molar-refractivity contribution is 6.32. The number of hydrogen-bond donors (Lipinski definition) is 1. The molecule has 0 heterocycles. The molecule has 25 heavy (non-hydrogen) atoms. The molecule has 0 atom stereocenters. The van der Waals surface area contributed by atoms with E-state index in [0.717, 1.165) is 16.7 Å². The second kappa shape index (κ2) is 7.86. The molecule has 3 aromatic rings. The maximum absolute atomic E-state index is 12.3. The number of carbonyl (C=O) groups excluding carboxylic acids is 1. The zero-order chi connectivity index (χ0) is 17.6. The summed E-state index contributed by atoms with van der Waals surface area (Å²) < 4.78 is 5.38. The summed E-state index contributed by atoms with van der Waals surface area (Å²) in [6, 6.07) is 22.8. The lowest BCUT2D eigenvalue weighted by molar-refractivity contribution is 0.0951. The molecule has 126 valence electrons. The average molecular weight is 352 g/mol. The van der Waals surface area contributed by atoms with Crippen molar-refractivity contribution in [3.63, 3.8) is 0 Å². The number of para-hydroxylation sites is 1. The Balaban J connectivity index is 1.74. The fourth-order valence-electron chi connectivity index (χ4n) is 2.63. The fourth-order valence-corrected chi connectivity index (χ4v) is 2.88. The number of rotatable bonds is 5. The number of benzene rings is 3. The van der Waals surface area contributed by atoms with E-state index in [2.05, 4.69) is 5.32 Å². The summed E-state index contributed by atoms with van der Waals surface area (Å²) in [5, 5.41) is 3.48. The molecule has 0 saturated carbocycles. The zero-order valence-corrected chi connectivity index (χ0v) is 14.6. The molecule has 0 aromatic heterocycles. The van der Waals surface area contributed by atoms with Crippen LogP contribution in [0.2, 0.25) is 5.02 Å². The maximum atomic E-state index is 12.3. The van der Waals surface area contributed by atoms with E-state index in [1.807, 2.05) is 54.6 Å². The van der Waals surface area contributed by atoms with E-state index in [-0.39, 0.29) is 5.91 Å². The van der Waals surface area contributed by atoms with Crippen molar-refractivity contribution in [1.82, 2.24) is 5.32 Å². The van der Waals surface area contributed by atoms with Gasteiger partial charge in [0.2, 0.25) is 0 Å². The molecule has 3 nitrogen and oxygen atoms in total. The molecule has 0 saturated heterocycles. The zero-order valence-electron chi connectivity index (χ0n) is 13.8. The SMILES string of the molecule is COc1c(Cl)cccc1-c1ccc(C(=O)NCc2ccccc2)cc1. The number of ether oxygens (including phenoxy) is 1. The molecule has 1 N–H and O–H groups in total. The maximum Gasteiger partial charge on any atom is 0.251 e. The quantitative estimate of drug-likeness (QED) is 0.706. The summed E-state index contributed by atoms with van der Waals surface area (Å²) in [4.78, 5) is 12.3. The van der Waals surface area contributed by atoms with E-state index in [1.165, 1.54) is 0 Å². The summed E-state index contributed by atoms with van der Waals surface area (Å²) in [7, 11) is 1.59. The third kappa shape index (κ3) is 4.01. The van der Waals surface area contributed by atoms with Crippen LogP contribution >= 0.6 is 11.6 Å². The summed E-state index contributed by atoms with van der Waals surface area (Å²) in [6.45, 7) is 0.504. The average Bonchev–Trinajstić information content (AvgIpc) is 2.67. The second-order valence-corrected chi connectivity index (χ2v) is 5.97. The smallest absolute Gasteiger partial charge is 0.251 e. The minimum Gasteiger partial charge on any atom is -0.495 e. The van der Waals surface area contributed by atoms with E-state index in [9.17, 15) is 4.79 Å². The van der Waals surface area contributed by atoms with Crippen LogP contribution in [0.3, 0.4) is 0 Å². The van der Waals surface area contributed by atoms with Crippen molar-refractivity contribution < 1.29 is 9.53 Å². The van der Waals surface area contributed by atoms with Gasteiger partial charge in [-0.05, 0) is 29.3 Å². The Morgan fingerprint density at radius 2 is 1.68 bits per heavy atom. The van der Waals surface area contributed by atoms with Crippen molar-refractivity contribution >= 4 is 17.5 Å². The summed E-state index contributed by atoms with van der Waals surface area (Å²) >= 11 is 6.17. The Hall–Kier alpha value is -2.78. The van der Waals surface area contributed by atoms with Gasteiger partial charge >= 0.3 is 0 Å². The van der Waals surface area contributed by atoms with Crippen molar-refractivity contribution in [2.24, 2.45) is 0 Å². The molecule has 0 bridgehead atoms. The van der Waals surface area contributed by atoms with Crippen LogP contribution in [-0.2, 0) is 6.54 Å². The van der Waals surface area contributed by atoms with Crippen molar-refractivity contribution in [1.29, 1.82) is 0 Å². The first kappa shape index (κ1) is 17.1. The van der Waals surface area contributed by atoms with Crippen molar-refractivity contribution in [3.05, 3.63) is 88.9 Å². The summed E-state index contributed by atoms with van der Waals surface area (Å²) in [6.07, 6.45) is 0. The van der Waals surface area contributed by atoms with Gasteiger partial charge in [0.05, 0.1) is 12.1 Å². The lowest BCUT2D eigenvalue weighted by Gasteiger charge is -2.11. The van der Waals surface area contributed by atoms with Crippen molar-refractivity contribution in [2.45, 2.75) is 6.54 Å². The number of hydrogen-bond acceptors (Lipinski definition) is 2. The first-order valence-corrected chi connectivity index (χ1v) is 8.32. The largest absolute Gasteiger partial charge is 0.495 e. The lowest BCUT2D eigenvalue weighted by atomic mass is 10.0. The highest BCUT2D eigenvalue weighted by Crippen LogP contribution is 2.35. The molecule has 0 radical (unpaired) electrons. The molecule has 0 aliphatic heterocycles. The Morgan fingerprint density at radius 3 is 2.36 bits per heavy atom. The van der Waals surface area contributed by atoms with Gasteiger partial charge in [-0.3, -0.25) is 4.79 Å². The molecule has 0 aliphatic carbocycles. The van der Waals surface area contributed by atoms with Crippen molar-refractivity contribution in [2.75, 3.05) is 7.11 Å². The molecule has 3 rings (SSSR count). The van der Waals surface area contributed by atoms with Crippen LogP contribution in [-0.4, -0.2) is 13.0 Å². The van der Waals surface area contributed by atoms with E-state index in [4.69, 9.17) is 16.3 Å². The Kier molecular flexibility index (Phi) is 5.36. The predicted molar refractivity (Wildman–Crippen MR) is 101 cm³/mol. The predicted octanol–water partition coefficient (Wildman–Crippen LogP) is 4.95. The van der Waals surface area contributed by atoms with Crippen LogP contribution in [0.1, 0.15) is 15.9 Å². The van der Waals surface area contributed by atoms with Crippen molar-refractivity contribution in [3.8, 4) is 16.9 Å². The normalized spacial score (nSPS) is 10.3. The third-order valence-corrected chi connectivity index (χ3v) is 4.22. The lowest BCUT2D eigenvalue weighted by Crippen LogP contribution is -2.22. The minimum absolute atomic E-state index is 0.103. The van der Waals surface area contributed by atoms with Gasteiger partial charge in [-0.25, -0.2) is 0 Å². The molecular formula is C21H18ClNO2. The molecule has 0 fully saturated rings. The van der Waals surface area contributed by atoms with Crippen LogP contribution in [0.5, 0.6) is 5.75 Å².